The van der Waals surface area contributed by atoms with Crippen molar-refractivity contribution < 1.29 is 4.74 Å². The molecule has 96 valence electrons. The molecule has 1 unspecified atom stereocenters. The highest BCUT2D eigenvalue weighted by Crippen LogP contribution is 2.29. The molecule has 2 N–H and O–H groups in total. The molecule has 2 rings (SSSR count). The number of hydrogen-bond donors (Lipinski definition) is 1. The van der Waals surface area contributed by atoms with Gasteiger partial charge in [-0.15, -0.1) is 0 Å². The van der Waals surface area contributed by atoms with Gasteiger partial charge in [-0.2, -0.15) is 5.10 Å². The Bertz CT molecular complexity index is 539. The first-order valence-corrected chi connectivity index (χ1v) is 6.56. The van der Waals surface area contributed by atoms with Crippen molar-refractivity contribution in [3.05, 3.63) is 46.2 Å². The summed E-state index contributed by atoms with van der Waals surface area (Å²) in [6.07, 6.45) is 3.79. The average molecular weight is 310 g/mol. The molecule has 0 fully saturated rings. The number of methoxy groups -OCH3 is 1. The zero-order valence-electron chi connectivity index (χ0n) is 10.4. The summed E-state index contributed by atoms with van der Waals surface area (Å²) < 4.78 is 7.98. The molecule has 0 aliphatic rings. The van der Waals surface area contributed by atoms with Crippen LogP contribution in [0.4, 0.5) is 0 Å². The second kappa shape index (κ2) is 5.54. The van der Waals surface area contributed by atoms with Gasteiger partial charge < -0.3 is 10.5 Å². The minimum atomic E-state index is -0.174. The lowest BCUT2D eigenvalue weighted by Crippen LogP contribution is -2.11. The van der Waals surface area contributed by atoms with E-state index in [4.69, 9.17) is 10.5 Å². The Morgan fingerprint density at radius 2 is 2.22 bits per heavy atom. The quantitative estimate of drug-likeness (QED) is 0.944. The Morgan fingerprint density at radius 3 is 2.78 bits per heavy atom. The van der Waals surface area contributed by atoms with Gasteiger partial charge in [0.05, 0.1) is 23.8 Å². The van der Waals surface area contributed by atoms with Crippen LogP contribution in [0.3, 0.4) is 0 Å². The summed E-state index contributed by atoms with van der Waals surface area (Å²) in [5.74, 6) is 0.801. The van der Waals surface area contributed by atoms with Gasteiger partial charge in [0.1, 0.15) is 5.75 Å². The molecule has 1 aromatic carbocycles. The largest absolute Gasteiger partial charge is 0.496 e. The van der Waals surface area contributed by atoms with Crippen LogP contribution in [0.1, 0.15) is 24.1 Å². The van der Waals surface area contributed by atoms with Crippen LogP contribution in [0.2, 0.25) is 0 Å². The summed E-state index contributed by atoms with van der Waals surface area (Å²) in [7, 11) is 1.64. The molecule has 5 heteroatoms. The molecule has 1 atom stereocenters. The molecule has 0 spiro atoms. The summed E-state index contributed by atoms with van der Waals surface area (Å²) >= 11 is 3.47. The number of benzene rings is 1. The maximum Gasteiger partial charge on any atom is 0.133 e. The first-order chi connectivity index (χ1) is 8.65. The first kappa shape index (κ1) is 13.1. The van der Waals surface area contributed by atoms with Gasteiger partial charge in [-0.1, -0.05) is 6.07 Å². The minimum absolute atomic E-state index is 0.174. The van der Waals surface area contributed by atoms with Gasteiger partial charge in [0, 0.05) is 18.3 Å². The van der Waals surface area contributed by atoms with E-state index in [9.17, 15) is 0 Å². The summed E-state index contributed by atoms with van der Waals surface area (Å²) in [4.78, 5) is 0. The summed E-state index contributed by atoms with van der Waals surface area (Å²) in [5.41, 5.74) is 8.26. The SMILES string of the molecule is CCn1cc(C(N)c2ccc(OC)c(Br)c2)cn1. The molecule has 0 saturated heterocycles. The van der Waals surface area contributed by atoms with Crippen molar-refractivity contribution in [1.82, 2.24) is 9.78 Å². The van der Waals surface area contributed by atoms with Crippen molar-refractivity contribution >= 4 is 15.9 Å². The smallest absolute Gasteiger partial charge is 0.133 e. The fraction of sp³-hybridized carbons (Fsp3) is 0.308. The Kier molecular flexibility index (Phi) is 4.04. The van der Waals surface area contributed by atoms with Crippen molar-refractivity contribution in [3.8, 4) is 5.75 Å². The van der Waals surface area contributed by atoms with Gasteiger partial charge in [0.15, 0.2) is 0 Å². The van der Waals surface area contributed by atoms with E-state index in [1.165, 1.54) is 0 Å². The predicted octanol–water partition coefficient (Wildman–Crippen LogP) is 2.72. The Morgan fingerprint density at radius 1 is 1.44 bits per heavy atom. The average Bonchev–Trinajstić information content (AvgIpc) is 2.86. The molecule has 4 nitrogen and oxygen atoms in total. The zero-order valence-corrected chi connectivity index (χ0v) is 12.0. The van der Waals surface area contributed by atoms with E-state index >= 15 is 0 Å². The lowest BCUT2D eigenvalue weighted by atomic mass is 10.0. The van der Waals surface area contributed by atoms with E-state index in [1.54, 1.807) is 7.11 Å². The molecule has 0 bridgehead atoms. The molecular weight excluding hydrogens is 294 g/mol. The Balaban J connectivity index is 2.27. The summed E-state index contributed by atoms with van der Waals surface area (Å²) in [6.45, 7) is 2.89. The molecule has 0 radical (unpaired) electrons. The molecule has 1 heterocycles. The molecule has 18 heavy (non-hydrogen) atoms. The van der Waals surface area contributed by atoms with Crippen LogP contribution in [0.5, 0.6) is 5.75 Å². The lowest BCUT2D eigenvalue weighted by Gasteiger charge is -2.12. The standard InChI is InChI=1S/C13H16BrN3O/c1-3-17-8-10(7-16-17)13(15)9-4-5-12(18-2)11(14)6-9/h4-8,13H,3,15H2,1-2H3. The molecule has 0 saturated carbocycles. The Labute approximate surface area is 115 Å². The van der Waals surface area contributed by atoms with Crippen LogP contribution >= 0.6 is 15.9 Å². The van der Waals surface area contributed by atoms with Gasteiger partial charge in [-0.05, 0) is 40.5 Å². The third-order valence-electron chi connectivity index (χ3n) is 2.87. The number of hydrogen-bond acceptors (Lipinski definition) is 3. The third kappa shape index (κ3) is 2.57. The van der Waals surface area contributed by atoms with E-state index in [2.05, 4.69) is 21.0 Å². The highest BCUT2D eigenvalue weighted by Gasteiger charge is 2.12. The van der Waals surface area contributed by atoms with Crippen molar-refractivity contribution in [2.45, 2.75) is 19.5 Å². The van der Waals surface area contributed by atoms with E-state index in [0.29, 0.717) is 0 Å². The van der Waals surface area contributed by atoms with E-state index < -0.39 is 0 Å². The number of rotatable bonds is 4. The number of nitrogens with zero attached hydrogens (tertiary/aromatic N) is 2. The molecule has 0 aliphatic carbocycles. The molecule has 0 amide bonds. The van der Waals surface area contributed by atoms with Crippen LogP contribution in [0, 0.1) is 0 Å². The minimum Gasteiger partial charge on any atom is -0.496 e. The monoisotopic (exact) mass is 309 g/mol. The first-order valence-electron chi connectivity index (χ1n) is 5.77. The van der Waals surface area contributed by atoms with Gasteiger partial charge in [0.25, 0.3) is 0 Å². The van der Waals surface area contributed by atoms with Gasteiger partial charge in [-0.3, -0.25) is 4.68 Å². The van der Waals surface area contributed by atoms with Gasteiger partial charge in [-0.25, -0.2) is 0 Å². The fourth-order valence-electron chi connectivity index (χ4n) is 1.78. The molecular formula is C13H16BrN3O. The number of halogens is 1. The molecule has 1 aromatic heterocycles. The number of nitrogens with two attached hydrogens (primary N) is 1. The zero-order chi connectivity index (χ0) is 13.1. The second-order valence-corrected chi connectivity index (χ2v) is 4.86. The van der Waals surface area contributed by atoms with Crippen molar-refractivity contribution in [1.29, 1.82) is 0 Å². The number of ether oxygens (including phenoxy) is 1. The maximum atomic E-state index is 6.23. The van der Waals surface area contributed by atoms with Crippen molar-refractivity contribution in [3.63, 3.8) is 0 Å². The summed E-state index contributed by atoms with van der Waals surface area (Å²) in [6, 6.07) is 5.68. The van der Waals surface area contributed by atoms with Crippen LogP contribution in [-0.4, -0.2) is 16.9 Å². The van der Waals surface area contributed by atoms with Crippen LogP contribution < -0.4 is 10.5 Å². The van der Waals surface area contributed by atoms with E-state index in [0.717, 1.165) is 27.9 Å². The third-order valence-corrected chi connectivity index (χ3v) is 3.49. The summed E-state index contributed by atoms with van der Waals surface area (Å²) in [5, 5.41) is 4.24. The van der Waals surface area contributed by atoms with Crippen LogP contribution in [0.25, 0.3) is 0 Å². The topological polar surface area (TPSA) is 53.1 Å². The molecule has 0 aliphatic heterocycles. The second-order valence-electron chi connectivity index (χ2n) is 4.00. The van der Waals surface area contributed by atoms with Crippen molar-refractivity contribution in [2.75, 3.05) is 7.11 Å². The highest BCUT2D eigenvalue weighted by molar-refractivity contribution is 9.10. The van der Waals surface area contributed by atoms with Gasteiger partial charge in [0.2, 0.25) is 0 Å². The van der Waals surface area contributed by atoms with Crippen LogP contribution in [0.15, 0.2) is 35.1 Å². The number of aryl methyl sites for hydroxylation is 1. The van der Waals surface area contributed by atoms with Crippen molar-refractivity contribution in [2.24, 2.45) is 5.73 Å². The fourth-order valence-corrected chi connectivity index (χ4v) is 2.34. The Hall–Kier alpha value is -1.33. The molecule has 2 aromatic rings. The van der Waals surface area contributed by atoms with Crippen LogP contribution in [-0.2, 0) is 6.54 Å². The number of aromatic nitrogens is 2. The predicted molar refractivity (Wildman–Crippen MR) is 74.6 cm³/mol. The van der Waals surface area contributed by atoms with E-state index in [1.807, 2.05) is 42.2 Å². The van der Waals surface area contributed by atoms with E-state index in [-0.39, 0.29) is 6.04 Å². The normalized spacial score (nSPS) is 12.4. The lowest BCUT2D eigenvalue weighted by molar-refractivity contribution is 0.412. The highest BCUT2D eigenvalue weighted by atomic mass is 79.9. The maximum absolute atomic E-state index is 6.23. The van der Waals surface area contributed by atoms with Gasteiger partial charge >= 0.3 is 0 Å².